The average molecular weight is 563 g/mol. The molecule has 1 atom stereocenters. The Morgan fingerprint density at radius 3 is 2.56 bits per heavy atom. The van der Waals surface area contributed by atoms with Crippen molar-refractivity contribution in [3.63, 3.8) is 0 Å². The molecule has 7 nitrogen and oxygen atoms in total. The Labute approximate surface area is 235 Å². The molecular formula is C30H27ClN2O5S. The van der Waals surface area contributed by atoms with Crippen LogP contribution >= 0.6 is 22.9 Å². The Morgan fingerprint density at radius 2 is 1.85 bits per heavy atom. The van der Waals surface area contributed by atoms with Crippen LogP contribution in [0.3, 0.4) is 0 Å². The number of carbonyl (C=O) groups excluding carboxylic acids is 2. The van der Waals surface area contributed by atoms with Crippen LogP contribution in [0.5, 0.6) is 11.5 Å². The molecule has 1 fully saturated rings. The number of methoxy groups -OCH3 is 1. The SMILES string of the molecule is CCCCOc1ccc(C2/C(=C(\O)c3ccc(Cl)cc3)C(=O)C(=O)N2c2nc3ccc(C)cc3s2)cc1OC. The van der Waals surface area contributed by atoms with Crippen molar-refractivity contribution in [2.24, 2.45) is 0 Å². The topological polar surface area (TPSA) is 89.0 Å². The highest BCUT2D eigenvalue weighted by Gasteiger charge is 2.48. The summed E-state index contributed by atoms with van der Waals surface area (Å²) >= 11 is 7.35. The van der Waals surface area contributed by atoms with Gasteiger partial charge in [-0.2, -0.15) is 0 Å². The van der Waals surface area contributed by atoms with Crippen molar-refractivity contribution >= 4 is 55.7 Å². The summed E-state index contributed by atoms with van der Waals surface area (Å²) in [4.78, 5) is 33.1. The second kappa shape index (κ2) is 11.1. The number of ether oxygens (including phenoxy) is 2. The number of halogens is 1. The van der Waals surface area contributed by atoms with Gasteiger partial charge in [0.15, 0.2) is 16.6 Å². The fourth-order valence-corrected chi connectivity index (χ4v) is 5.75. The van der Waals surface area contributed by atoms with Crippen molar-refractivity contribution in [2.75, 3.05) is 18.6 Å². The Balaban J connectivity index is 1.68. The molecule has 2 heterocycles. The van der Waals surface area contributed by atoms with Crippen molar-refractivity contribution in [3.05, 3.63) is 87.9 Å². The van der Waals surface area contributed by atoms with Gasteiger partial charge < -0.3 is 14.6 Å². The molecule has 1 aromatic heterocycles. The standard InChI is InChI=1S/C30H27ClN2O5S/c1-4-5-14-38-22-13-9-19(16-23(22)37-3)26-25(27(34)18-7-10-20(31)11-8-18)28(35)29(36)33(26)30-32-21-12-6-17(2)15-24(21)39-30/h6-13,15-16,26,34H,4-5,14H2,1-3H3/b27-25+. The minimum absolute atomic E-state index is 0.0422. The predicted molar refractivity (Wildman–Crippen MR) is 154 cm³/mol. The van der Waals surface area contributed by atoms with Crippen LogP contribution in [-0.2, 0) is 9.59 Å². The lowest BCUT2D eigenvalue weighted by molar-refractivity contribution is -0.132. The van der Waals surface area contributed by atoms with E-state index in [0.29, 0.717) is 39.4 Å². The maximum atomic E-state index is 13.6. The predicted octanol–water partition coefficient (Wildman–Crippen LogP) is 7.07. The highest BCUT2D eigenvalue weighted by Crippen LogP contribution is 2.46. The van der Waals surface area contributed by atoms with Crippen LogP contribution in [0.4, 0.5) is 5.13 Å². The van der Waals surface area contributed by atoms with Gasteiger partial charge in [-0.25, -0.2) is 4.98 Å². The van der Waals surface area contributed by atoms with Gasteiger partial charge in [-0.05, 0) is 73.0 Å². The molecule has 1 N–H and O–H groups in total. The van der Waals surface area contributed by atoms with Gasteiger partial charge in [0.05, 0.1) is 35.5 Å². The molecule has 1 aliphatic heterocycles. The number of unbranched alkanes of at least 4 members (excludes halogenated alkanes) is 1. The maximum absolute atomic E-state index is 13.6. The zero-order valence-electron chi connectivity index (χ0n) is 21.7. The van der Waals surface area contributed by atoms with Gasteiger partial charge in [0, 0.05) is 10.6 Å². The normalized spacial score (nSPS) is 16.7. The van der Waals surface area contributed by atoms with E-state index in [4.69, 9.17) is 21.1 Å². The van der Waals surface area contributed by atoms with Gasteiger partial charge in [-0.15, -0.1) is 0 Å². The molecule has 39 heavy (non-hydrogen) atoms. The first-order chi connectivity index (χ1) is 18.8. The second-order valence-corrected chi connectivity index (χ2v) is 10.7. The van der Waals surface area contributed by atoms with E-state index in [-0.39, 0.29) is 11.3 Å². The van der Waals surface area contributed by atoms with E-state index in [2.05, 4.69) is 11.9 Å². The summed E-state index contributed by atoms with van der Waals surface area (Å²) in [5.74, 6) is -0.851. The highest BCUT2D eigenvalue weighted by atomic mass is 35.5. The largest absolute Gasteiger partial charge is 0.507 e. The lowest BCUT2D eigenvalue weighted by Gasteiger charge is -2.24. The van der Waals surface area contributed by atoms with Crippen LogP contribution in [-0.4, -0.2) is 35.5 Å². The number of nitrogens with zero attached hydrogens (tertiary/aromatic N) is 2. The lowest BCUT2D eigenvalue weighted by atomic mass is 9.95. The number of hydrogen-bond acceptors (Lipinski definition) is 7. The van der Waals surface area contributed by atoms with E-state index < -0.39 is 17.7 Å². The second-order valence-electron chi connectivity index (χ2n) is 9.26. The summed E-state index contributed by atoms with van der Waals surface area (Å²) in [6.45, 7) is 4.59. The van der Waals surface area contributed by atoms with Crippen LogP contribution < -0.4 is 14.4 Å². The molecule has 0 radical (unpaired) electrons. The third-order valence-corrected chi connectivity index (χ3v) is 7.83. The maximum Gasteiger partial charge on any atom is 0.301 e. The number of anilines is 1. The number of benzene rings is 3. The van der Waals surface area contributed by atoms with Gasteiger partial charge in [0.1, 0.15) is 5.76 Å². The summed E-state index contributed by atoms with van der Waals surface area (Å²) < 4.78 is 12.4. The van der Waals surface area contributed by atoms with Crippen LogP contribution in [0.25, 0.3) is 16.0 Å². The molecule has 9 heteroatoms. The molecule has 0 saturated carbocycles. The molecule has 1 amide bonds. The van der Waals surface area contributed by atoms with Gasteiger partial charge in [0.25, 0.3) is 5.78 Å². The van der Waals surface area contributed by atoms with E-state index >= 15 is 0 Å². The van der Waals surface area contributed by atoms with Gasteiger partial charge in [-0.3, -0.25) is 14.5 Å². The van der Waals surface area contributed by atoms with Crippen LogP contribution in [0.15, 0.2) is 66.2 Å². The number of thiazole rings is 1. The summed E-state index contributed by atoms with van der Waals surface area (Å²) in [6, 6.07) is 16.6. The summed E-state index contributed by atoms with van der Waals surface area (Å²) in [5, 5.41) is 12.2. The average Bonchev–Trinajstić information content (AvgIpc) is 3.46. The van der Waals surface area contributed by atoms with E-state index in [1.807, 2.05) is 25.1 Å². The molecule has 1 saturated heterocycles. The first-order valence-electron chi connectivity index (χ1n) is 12.6. The quantitative estimate of drug-likeness (QED) is 0.107. The Bertz CT molecular complexity index is 1590. The fraction of sp³-hybridized carbons (Fsp3) is 0.233. The molecule has 1 unspecified atom stereocenters. The number of hydrogen-bond donors (Lipinski definition) is 1. The van der Waals surface area contributed by atoms with E-state index in [9.17, 15) is 14.7 Å². The number of aliphatic hydroxyl groups is 1. The van der Waals surface area contributed by atoms with Crippen molar-refractivity contribution in [2.45, 2.75) is 32.7 Å². The number of aryl methyl sites for hydroxylation is 1. The Kier molecular flexibility index (Phi) is 7.59. The molecule has 200 valence electrons. The van der Waals surface area contributed by atoms with Gasteiger partial charge >= 0.3 is 5.91 Å². The van der Waals surface area contributed by atoms with Crippen molar-refractivity contribution in [3.8, 4) is 11.5 Å². The number of amides is 1. The molecule has 5 rings (SSSR count). The molecule has 0 bridgehead atoms. The zero-order valence-corrected chi connectivity index (χ0v) is 23.3. The first-order valence-corrected chi connectivity index (χ1v) is 13.8. The van der Waals surface area contributed by atoms with Gasteiger partial charge in [-0.1, -0.05) is 48.4 Å². The highest BCUT2D eigenvalue weighted by molar-refractivity contribution is 7.22. The molecule has 0 aliphatic carbocycles. The molecule has 3 aromatic carbocycles. The van der Waals surface area contributed by atoms with Crippen molar-refractivity contribution in [1.29, 1.82) is 0 Å². The number of Topliss-reactive ketones (excluding diaryl/α,β-unsaturated/α-hetero) is 1. The fourth-order valence-electron chi connectivity index (χ4n) is 4.53. The molecular weight excluding hydrogens is 536 g/mol. The first kappa shape index (κ1) is 26.7. The molecule has 4 aromatic rings. The smallest absolute Gasteiger partial charge is 0.301 e. The monoisotopic (exact) mass is 562 g/mol. The number of ketones is 1. The van der Waals surface area contributed by atoms with E-state index in [1.54, 1.807) is 42.5 Å². The number of aromatic nitrogens is 1. The Hall–Kier alpha value is -3.88. The molecule has 1 aliphatic rings. The van der Waals surface area contributed by atoms with Gasteiger partial charge in [0.2, 0.25) is 0 Å². The third-order valence-electron chi connectivity index (χ3n) is 6.56. The number of carbonyl (C=O) groups is 2. The Morgan fingerprint density at radius 1 is 1.08 bits per heavy atom. The zero-order chi connectivity index (χ0) is 27.7. The summed E-state index contributed by atoms with van der Waals surface area (Å²) in [6.07, 6.45) is 1.88. The van der Waals surface area contributed by atoms with Crippen molar-refractivity contribution < 1.29 is 24.2 Å². The van der Waals surface area contributed by atoms with E-state index in [0.717, 1.165) is 28.6 Å². The third kappa shape index (κ3) is 5.10. The number of rotatable bonds is 8. The minimum Gasteiger partial charge on any atom is -0.507 e. The van der Waals surface area contributed by atoms with Crippen LogP contribution in [0.1, 0.15) is 42.5 Å². The minimum atomic E-state index is -0.944. The number of fused-ring (bicyclic) bond motifs is 1. The van der Waals surface area contributed by atoms with E-state index in [1.165, 1.54) is 23.3 Å². The lowest BCUT2D eigenvalue weighted by Crippen LogP contribution is -2.29. The number of aliphatic hydroxyl groups excluding tert-OH is 1. The van der Waals surface area contributed by atoms with Crippen LogP contribution in [0.2, 0.25) is 5.02 Å². The molecule has 0 spiro atoms. The van der Waals surface area contributed by atoms with Crippen molar-refractivity contribution in [1.82, 2.24) is 4.98 Å². The summed E-state index contributed by atoms with van der Waals surface area (Å²) in [5.41, 5.74) is 2.67. The summed E-state index contributed by atoms with van der Waals surface area (Å²) in [7, 11) is 1.53. The van der Waals surface area contributed by atoms with Crippen LogP contribution in [0, 0.1) is 6.92 Å².